The summed E-state index contributed by atoms with van der Waals surface area (Å²) in [6.45, 7) is 10.6. The van der Waals surface area contributed by atoms with Crippen LogP contribution in [0.4, 0.5) is 28.3 Å². The highest BCUT2D eigenvalue weighted by atomic mass is 35.5. The fourth-order valence-corrected chi connectivity index (χ4v) is 13.1. The Morgan fingerprint density at radius 3 is 1.48 bits per heavy atom. The van der Waals surface area contributed by atoms with Gasteiger partial charge >= 0.3 is 6.09 Å². The van der Waals surface area contributed by atoms with Crippen molar-refractivity contribution in [2.75, 3.05) is 84.7 Å². The van der Waals surface area contributed by atoms with E-state index >= 15 is 0 Å². The maximum absolute atomic E-state index is 13.4. The number of anilines is 4. The van der Waals surface area contributed by atoms with Gasteiger partial charge in [0.2, 0.25) is 23.7 Å². The number of amides is 3. The molecule has 28 heteroatoms. The van der Waals surface area contributed by atoms with Crippen LogP contribution in [0, 0.1) is 0 Å². The van der Waals surface area contributed by atoms with E-state index in [1.165, 1.54) is 41.3 Å². The molecule has 0 aliphatic carbocycles. The van der Waals surface area contributed by atoms with Crippen LogP contribution in [0.2, 0.25) is 20.1 Å². The van der Waals surface area contributed by atoms with E-state index in [4.69, 9.17) is 51.1 Å². The number of piperazine rings is 2. The zero-order valence-corrected chi connectivity index (χ0v) is 49.4. The molecular formula is C51H58Cl6N12O8S2. The molecule has 2 atom stereocenters. The Bertz CT molecular complexity index is 3450. The second-order valence-electron chi connectivity index (χ2n) is 19.7. The number of sulfonamides is 2. The number of rotatable bonds is 10. The number of para-hydroxylation sites is 2. The van der Waals surface area contributed by atoms with Gasteiger partial charge in [-0.15, -0.1) is 24.8 Å². The van der Waals surface area contributed by atoms with Crippen molar-refractivity contribution in [2.24, 2.45) is 0 Å². The minimum Gasteiger partial charge on any atom is -0.444 e. The maximum Gasteiger partial charge on any atom is 0.410 e. The number of aromatic nitrogens is 4. The number of halogens is 6. The molecule has 0 bridgehead atoms. The topological polar surface area (TPSA) is 233 Å². The van der Waals surface area contributed by atoms with Crippen LogP contribution in [0.25, 0.3) is 21.8 Å². The van der Waals surface area contributed by atoms with Crippen molar-refractivity contribution in [3.63, 3.8) is 0 Å². The molecule has 2 aromatic heterocycles. The lowest BCUT2D eigenvalue weighted by Crippen LogP contribution is -2.55. The van der Waals surface area contributed by atoms with Gasteiger partial charge in [-0.1, -0.05) is 70.7 Å². The highest BCUT2D eigenvalue weighted by Gasteiger charge is 2.40. The first-order valence-corrected chi connectivity index (χ1v) is 29.4. The lowest BCUT2D eigenvalue weighted by molar-refractivity contribution is -0.136. The van der Waals surface area contributed by atoms with Crippen molar-refractivity contribution in [3.8, 4) is 0 Å². The number of nitrogens with zero attached hydrogens (tertiary/aromatic N) is 9. The van der Waals surface area contributed by atoms with Crippen molar-refractivity contribution >= 4 is 155 Å². The third-order valence-electron chi connectivity index (χ3n) is 13.3. The average Bonchev–Trinajstić information content (AvgIpc) is 4.18. The summed E-state index contributed by atoms with van der Waals surface area (Å²) in [7, 11) is -8.14. The monoisotopic (exact) mass is 1240 g/mol. The molecule has 6 aromatic rings. The molecule has 4 aliphatic heterocycles. The second kappa shape index (κ2) is 25.6. The molecular weight excluding hydrogens is 1190 g/mol. The quantitative estimate of drug-likeness (QED) is 0.116. The summed E-state index contributed by atoms with van der Waals surface area (Å²) < 4.78 is 63.5. The summed E-state index contributed by atoms with van der Waals surface area (Å²) >= 11 is 24.2. The lowest BCUT2D eigenvalue weighted by Gasteiger charge is -2.37. The predicted molar refractivity (Wildman–Crippen MR) is 313 cm³/mol. The minimum atomic E-state index is -4.10. The first-order valence-electron chi connectivity index (χ1n) is 24.9. The Hall–Kier alpha value is -5.43. The number of benzene rings is 4. The number of fused-ring (bicyclic) bond motifs is 2. The number of ether oxygens (including phenoxy) is 1. The second-order valence-corrected chi connectivity index (χ2v) is 24.7. The summed E-state index contributed by atoms with van der Waals surface area (Å²) in [5.41, 5.74) is 0.512. The zero-order valence-electron chi connectivity index (χ0n) is 43.1. The van der Waals surface area contributed by atoms with Crippen molar-refractivity contribution in [2.45, 2.75) is 73.9 Å². The number of carbonyl (C=O) groups is 3. The largest absolute Gasteiger partial charge is 0.444 e. The molecule has 0 spiro atoms. The molecule has 4 aromatic carbocycles. The van der Waals surface area contributed by atoms with E-state index in [1.54, 1.807) is 62.1 Å². The molecule has 3 N–H and O–H groups in total. The molecule has 10 rings (SSSR count). The van der Waals surface area contributed by atoms with E-state index in [9.17, 15) is 31.2 Å². The summed E-state index contributed by atoms with van der Waals surface area (Å²) in [5.74, 6) is 1.02. The van der Waals surface area contributed by atoms with Crippen LogP contribution in [0.15, 0.2) is 94.7 Å². The van der Waals surface area contributed by atoms with Gasteiger partial charge in [0.15, 0.2) is 11.6 Å². The molecule has 20 nitrogen and oxygen atoms in total. The Kier molecular flexibility index (Phi) is 19.8. The van der Waals surface area contributed by atoms with E-state index < -0.39 is 37.8 Å². The maximum atomic E-state index is 13.4. The van der Waals surface area contributed by atoms with Gasteiger partial charge in [0.05, 0.1) is 27.1 Å². The summed E-state index contributed by atoms with van der Waals surface area (Å²) in [5, 5.41) is 4.99. The van der Waals surface area contributed by atoms with Gasteiger partial charge in [-0.3, -0.25) is 23.9 Å². The molecule has 79 heavy (non-hydrogen) atoms. The molecule has 4 saturated heterocycles. The smallest absolute Gasteiger partial charge is 0.410 e. The van der Waals surface area contributed by atoms with Crippen LogP contribution in [-0.2, 0) is 34.4 Å². The molecule has 4 fully saturated rings. The summed E-state index contributed by atoms with van der Waals surface area (Å²) in [6.07, 6.45) is 2.74. The number of carbonyl (C=O) groups excluding carboxylic acids is 3. The fourth-order valence-electron chi connectivity index (χ4n) is 9.46. The normalized spacial score (nSPS) is 17.8. The van der Waals surface area contributed by atoms with Gasteiger partial charge in [0.1, 0.15) is 21.4 Å². The lowest BCUT2D eigenvalue weighted by atomic mass is 10.1. The molecule has 0 unspecified atom stereocenters. The van der Waals surface area contributed by atoms with Gasteiger partial charge < -0.3 is 29.7 Å². The SMILES string of the molecule is CC(C)(C)OC(=O)N1CCC[C@@H]1C(=O)N1CCN(c2nc(NS(=O)(=O)c3ccc(Cl)cc3Cl)c3ccccc3n2)CC1.Cl.Cl.O=C([C@H]1CCCN1)N1CCN(c2nc(NS(=O)(=O)c3ccc(Cl)cc3Cl)c3ccccc3n2)CC1. The molecule has 424 valence electrons. The van der Waals surface area contributed by atoms with Crippen molar-refractivity contribution in [3.05, 3.63) is 105 Å². The van der Waals surface area contributed by atoms with E-state index in [-0.39, 0.29) is 74.1 Å². The van der Waals surface area contributed by atoms with Gasteiger partial charge in [0.25, 0.3) is 20.0 Å². The fraction of sp³-hybridized carbons (Fsp3) is 0.392. The molecule has 3 amide bonds. The standard InChI is InChI=1S/C28H32Cl2N6O5S.C23H24Cl2N6O3S.2ClH/c1-28(2,3)41-27(38)36-12-6-9-22(36)25(37)34-13-15-35(16-14-34)26-31-21-8-5-4-7-19(21)24(32-26)33-42(39,40)23-11-10-18(29)17-20(23)30;24-15-7-8-20(17(25)14-15)35(33,34)29-21-16-4-1-2-5-18(16)27-23(28-21)31-12-10-30(11-13-31)22(32)19-6-3-9-26-19;;/h4-5,7-8,10-11,17,22H,6,9,12-16H2,1-3H3,(H,31,32,33);1-2,4-5,7-8,14,19,26H,3,6,9-13H2,(H,27,28,29);2*1H/t22-;19-;;/m11../s1. The Labute approximate surface area is 490 Å². The molecule has 4 aliphatic rings. The molecule has 6 heterocycles. The Balaban J connectivity index is 0.000000226. The van der Waals surface area contributed by atoms with Gasteiger partial charge in [-0.2, -0.15) is 9.97 Å². The van der Waals surface area contributed by atoms with Crippen LogP contribution in [-0.4, -0.2) is 153 Å². The molecule has 0 saturated carbocycles. The minimum absolute atomic E-state index is 0. The average molecular weight is 1240 g/mol. The Morgan fingerprint density at radius 2 is 1.05 bits per heavy atom. The van der Waals surface area contributed by atoms with Crippen molar-refractivity contribution in [1.82, 2.24) is 40.0 Å². The third kappa shape index (κ3) is 14.4. The van der Waals surface area contributed by atoms with E-state index in [2.05, 4.69) is 34.7 Å². The highest BCUT2D eigenvalue weighted by molar-refractivity contribution is 7.93. The van der Waals surface area contributed by atoms with Crippen molar-refractivity contribution < 1.29 is 36.0 Å². The van der Waals surface area contributed by atoms with E-state index in [0.717, 1.165) is 25.8 Å². The predicted octanol–water partition coefficient (Wildman–Crippen LogP) is 8.77. The Morgan fingerprint density at radius 1 is 0.595 bits per heavy atom. The van der Waals surface area contributed by atoms with Crippen LogP contribution in [0.5, 0.6) is 0 Å². The van der Waals surface area contributed by atoms with Gasteiger partial charge in [-0.25, -0.2) is 31.6 Å². The number of hydrogen-bond acceptors (Lipinski definition) is 15. The van der Waals surface area contributed by atoms with E-state index in [1.807, 2.05) is 26.8 Å². The summed E-state index contributed by atoms with van der Waals surface area (Å²) in [6, 6.07) is 22.0. The molecule has 0 radical (unpaired) electrons. The highest BCUT2D eigenvalue weighted by Crippen LogP contribution is 2.33. The number of nitrogens with one attached hydrogen (secondary N) is 3. The van der Waals surface area contributed by atoms with Crippen molar-refractivity contribution in [1.29, 1.82) is 0 Å². The van der Waals surface area contributed by atoms with E-state index in [0.29, 0.717) is 109 Å². The summed E-state index contributed by atoms with van der Waals surface area (Å²) in [4.78, 5) is 66.1. The zero-order chi connectivity index (χ0) is 54.8. The van der Waals surface area contributed by atoms with Crippen LogP contribution >= 0.6 is 71.2 Å². The number of hydrogen-bond donors (Lipinski definition) is 3. The van der Waals surface area contributed by atoms with Crippen LogP contribution in [0.3, 0.4) is 0 Å². The van der Waals surface area contributed by atoms with Crippen LogP contribution in [0.1, 0.15) is 46.5 Å². The van der Waals surface area contributed by atoms with Crippen LogP contribution < -0.4 is 24.6 Å². The van der Waals surface area contributed by atoms with Gasteiger partial charge in [-0.05, 0) is 114 Å². The first-order chi connectivity index (χ1) is 36.6. The first kappa shape index (κ1) is 61.2. The number of likely N-dealkylation sites (tertiary alicyclic amines) is 1. The third-order valence-corrected chi connectivity index (χ3v) is 17.4. The van der Waals surface area contributed by atoms with Gasteiger partial charge in [0, 0.05) is 79.7 Å².